The Balaban J connectivity index is 2.46. The van der Waals surface area contributed by atoms with E-state index in [2.05, 4.69) is 31.3 Å². The van der Waals surface area contributed by atoms with Crippen LogP contribution >= 0.6 is 0 Å². The van der Waals surface area contributed by atoms with Crippen LogP contribution in [0.2, 0.25) is 0 Å². The standard InChI is InChI=1S/C16H25NO2/c1-15(2,14(18)19)12-17-16(3,4)11-10-13-8-6-5-7-9-13/h5-9,17H,10-12H2,1-4H3,(H,18,19). The number of carbonyl (C=O) groups is 1. The predicted octanol–water partition coefficient (Wildman–Crippen LogP) is 3.10. The average molecular weight is 263 g/mol. The summed E-state index contributed by atoms with van der Waals surface area (Å²) in [5.74, 6) is -0.765. The minimum absolute atomic E-state index is 0.0669. The van der Waals surface area contributed by atoms with Crippen molar-refractivity contribution in [1.82, 2.24) is 5.32 Å². The molecule has 106 valence electrons. The molecule has 0 saturated heterocycles. The Morgan fingerprint density at radius 1 is 1.16 bits per heavy atom. The predicted molar refractivity (Wildman–Crippen MR) is 78.3 cm³/mol. The molecule has 0 saturated carbocycles. The van der Waals surface area contributed by atoms with E-state index in [1.165, 1.54) is 5.56 Å². The SMILES string of the molecule is CC(C)(CCc1ccccc1)NCC(C)(C)C(=O)O. The molecule has 1 rings (SSSR count). The van der Waals surface area contributed by atoms with Crippen LogP contribution in [0.25, 0.3) is 0 Å². The van der Waals surface area contributed by atoms with E-state index in [9.17, 15) is 4.79 Å². The highest BCUT2D eigenvalue weighted by molar-refractivity contribution is 5.73. The van der Waals surface area contributed by atoms with Gasteiger partial charge in [-0.2, -0.15) is 0 Å². The number of aryl methyl sites for hydroxylation is 1. The van der Waals surface area contributed by atoms with Gasteiger partial charge >= 0.3 is 5.97 Å². The van der Waals surface area contributed by atoms with Crippen LogP contribution < -0.4 is 5.32 Å². The highest BCUT2D eigenvalue weighted by atomic mass is 16.4. The van der Waals surface area contributed by atoms with Gasteiger partial charge in [-0.25, -0.2) is 0 Å². The van der Waals surface area contributed by atoms with E-state index in [1.54, 1.807) is 13.8 Å². The molecule has 0 aromatic heterocycles. The summed E-state index contributed by atoms with van der Waals surface area (Å²) >= 11 is 0. The largest absolute Gasteiger partial charge is 0.481 e. The van der Waals surface area contributed by atoms with Gasteiger partial charge in [0.1, 0.15) is 0 Å². The van der Waals surface area contributed by atoms with E-state index < -0.39 is 11.4 Å². The molecule has 0 heterocycles. The smallest absolute Gasteiger partial charge is 0.310 e. The molecule has 0 aliphatic rings. The molecule has 2 N–H and O–H groups in total. The Bertz CT molecular complexity index is 410. The molecule has 3 nitrogen and oxygen atoms in total. The molecule has 0 spiro atoms. The molecule has 0 aliphatic heterocycles. The van der Waals surface area contributed by atoms with Gasteiger partial charge in [-0.05, 0) is 46.1 Å². The lowest BCUT2D eigenvalue weighted by molar-refractivity contribution is -0.146. The summed E-state index contributed by atoms with van der Waals surface area (Å²) < 4.78 is 0. The highest BCUT2D eigenvalue weighted by Crippen LogP contribution is 2.18. The molecular weight excluding hydrogens is 238 g/mol. The van der Waals surface area contributed by atoms with Crippen molar-refractivity contribution in [1.29, 1.82) is 0 Å². The molecule has 0 unspecified atom stereocenters. The van der Waals surface area contributed by atoms with Gasteiger partial charge in [0.25, 0.3) is 0 Å². The van der Waals surface area contributed by atoms with Crippen LogP contribution in [0, 0.1) is 5.41 Å². The molecule has 0 amide bonds. The zero-order valence-corrected chi connectivity index (χ0v) is 12.4. The monoisotopic (exact) mass is 263 g/mol. The molecule has 0 atom stereocenters. The van der Waals surface area contributed by atoms with Gasteiger partial charge in [-0.15, -0.1) is 0 Å². The third-order valence-corrected chi connectivity index (χ3v) is 3.47. The molecular formula is C16H25NO2. The summed E-state index contributed by atoms with van der Waals surface area (Å²) in [5.41, 5.74) is 0.516. The van der Waals surface area contributed by atoms with Gasteiger partial charge in [-0.3, -0.25) is 4.79 Å². The molecule has 0 bridgehead atoms. The molecule has 0 aliphatic carbocycles. The van der Waals surface area contributed by atoms with E-state index >= 15 is 0 Å². The topological polar surface area (TPSA) is 49.3 Å². The van der Waals surface area contributed by atoms with Crippen molar-refractivity contribution in [3.63, 3.8) is 0 Å². The van der Waals surface area contributed by atoms with E-state index in [4.69, 9.17) is 5.11 Å². The van der Waals surface area contributed by atoms with Crippen molar-refractivity contribution >= 4 is 5.97 Å². The van der Waals surface area contributed by atoms with Gasteiger partial charge in [0.2, 0.25) is 0 Å². The maximum Gasteiger partial charge on any atom is 0.310 e. The number of aliphatic carboxylic acids is 1. The van der Waals surface area contributed by atoms with E-state index in [1.807, 2.05) is 18.2 Å². The minimum Gasteiger partial charge on any atom is -0.481 e. The molecule has 19 heavy (non-hydrogen) atoms. The Morgan fingerprint density at radius 3 is 2.26 bits per heavy atom. The molecule has 0 fully saturated rings. The van der Waals surface area contributed by atoms with Gasteiger partial charge < -0.3 is 10.4 Å². The van der Waals surface area contributed by atoms with Gasteiger partial charge in [0, 0.05) is 12.1 Å². The summed E-state index contributed by atoms with van der Waals surface area (Å²) in [5, 5.41) is 12.5. The zero-order chi connectivity index (χ0) is 14.5. The maximum absolute atomic E-state index is 11.1. The van der Waals surface area contributed by atoms with Crippen LogP contribution in [-0.2, 0) is 11.2 Å². The first-order valence-corrected chi connectivity index (χ1v) is 6.75. The van der Waals surface area contributed by atoms with Crippen LogP contribution in [0.15, 0.2) is 30.3 Å². The summed E-state index contributed by atoms with van der Waals surface area (Å²) in [6, 6.07) is 10.4. The quantitative estimate of drug-likeness (QED) is 0.794. The second-order valence-electron chi connectivity index (χ2n) is 6.41. The van der Waals surface area contributed by atoms with E-state index in [-0.39, 0.29) is 5.54 Å². The van der Waals surface area contributed by atoms with Crippen LogP contribution in [0.3, 0.4) is 0 Å². The normalized spacial score (nSPS) is 12.4. The van der Waals surface area contributed by atoms with Crippen molar-refractivity contribution < 1.29 is 9.90 Å². The average Bonchev–Trinajstić information content (AvgIpc) is 2.36. The molecule has 1 aromatic rings. The first-order chi connectivity index (χ1) is 8.73. The second-order valence-corrected chi connectivity index (χ2v) is 6.41. The Morgan fingerprint density at radius 2 is 1.74 bits per heavy atom. The first kappa shape index (κ1) is 15.7. The number of nitrogens with one attached hydrogen (secondary N) is 1. The van der Waals surface area contributed by atoms with E-state index in [0.29, 0.717) is 6.54 Å². The molecule has 3 heteroatoms. The zero-order valence-electron chi connectivity index (χ0n) is 12.4. The number of hydrogen-bond acceptors (Lipinski definition) is 2. The van der Waals surface area contributed by atoms with Crippen LogP contribution in [0.4, 0.5) is 0 Å². The van der Waals surface area contributed by atoms with Crippen LogP contribution in [-0.4, -0.2) is 23.2 Å². The fraction of sp³-hybridized carbons (Fsp3) is 0.562. The lowest BCUT2D eigenvalue weighted by Crippen LogP contribution is -2.46. The van der Waals surface area contributed by atoms with E-state index in [0.717, 1.165) is 12.8 Å². The lowest BCUT2D eigenvalue weighted by Gasteiger charge is -2.30. The highest BCUT2D eigenvalue weighted by Gasteiger charge is 2.29. The summed E-state index contributed by atoms with van der Waals surface area (Å²) in [7, 11) is 0. The van der Waals surface area contributed by atoms with Crippen molar-refractivity contribution in [2.45, 2.75) is 46.1 Å². The van der Waals surface area contributed by atoms with Crippen LogP contribution in [0.1, 0.15) is 39.7 Å². The second kappa shape index (κ2) is 6.20. The number of carboxylic acid groups (broad SMARTS) is 1. The number of carboxylic acids is 1. The third-order valence-electron chi connectivity index (χ3n) is 3.47. The number of rotatable bonds is 7. The Labute approximate surface area is 116 Å². The lowest BCUT2D eigenvalue weighted by atomic mass is 9.90. The fourth-order valence-corrected chi connectivity index (χ4v) is 1.73. The van der Waals surface area contributed by atoms with Gasteiger partial charge in [0.05, 0.1) is 5.41 Å². The first-order valence-electron chi connectivity index (χ1n) is 6.75. The van der Waals surface area contributed by atoms with Crippen molar-refractivity contribution in [3.05, 3.63) is 35.9 Å². The van der Waals surface area contributed by atoms with Gasteiger partial charge in [-0.1, -0.05) is 30.3 Å². The Hall–Kier alpha value is -1.35. The van der Waals surface area contributed by atoms with Crippen molar-refractivity contribution in [2.24, 2.45) is 5.41 Å². The third kappa shape index (κ3) is 5.43. The Kier molecular flexibility index (Phi) is 5.12. The van der Waals surface area contributed by atoms with Crippen molar-refractivity contribution in [2.75, 3.05) is 6.54 Å². The summed E-state index contributed by atoms with van der Waals surface area (Å²) in [6.07, 6.45) is 1.97. The number of benzene rings is 1. The van der Waals surface area contributed by atoms with Crippen molar-refractivity contribution in [3.8, 4) is 0 Å². The minimum atomic E-state index is -0.765. The number of hydrogen-bond donors (Lipinski definition) is 2. The summed E-state index contributed by atoms with van der Waals surface area (Å²) in [4.78, 5) is 11.1. The summed E-state index contributed by atoms with van der Waals surface area (Å²) in [6.45, 7) is 8.21. The molecule has 1 aromatic carbocycles. The maximum atomic E-state index is 11.1. The fourth-order valence-electron chi connectivity index (χ4n) is 1.73. The van der Waals surface area contributed by atoms with Gasteiger partial charge in [0.15, 0.2) is 0 Å². The van der Waals surface area contributed by atoms with Crippen LogP contribution in [0.5, 0.6) is 0 Å². The molecule has 0 radical (unpaired) electrons.